The van der Waals surface area contributed by atoms with E-state index in [1.54, 1.807) is 6.92 Å². The summed E-state index contributed by atoms with van der Waals surface area (Å²) in [6, 6.07) is 0. The van der Waals surface area contributed by atoms with Crippen LogP contribution >= 0.6 is 0 Å². The highest BCUT2D eigenvalue weighted by Crippen LogP contribution is 2.42. The fraction of sp³-hybridized carbons (Fsp3) is 0.846. The number of hydrogen-bond donors (Lipinski definition) is 2. The van der Waals surface area contributed by atoms with E-state index in [-0.39, 0.29) is 0 Å². The first-order valence-electron chi connectivity index (χ1n) is 6.91. The highest BCUT2D eigenvalue weighted by atomic mass is 16.5. The first kappa shape index (κ1) is 12.0. The second kappa shape index (κ2) is 3.70. The van der Waals surface area contributed by atoms with E-state index in [0.717, 1.165) is 35.2 Å². The average Bonchev–Trinajstić information content (AvgIpc) is 2.39. The zero-order chi connectivity index (χ0) is 13.0. The van der Waals surface area contributed by atoms with Crippen LogP contribution in [0.2, 0.25) is 0 Å². The van der Waals surface area contributed by atoms with Crippen molar-refractivity contribution in [2.24, 2.45) is 0 Å². The monoisotopic (exact) mass is 253 g/mol. The Hall–Kier alpha value is -1.10. The van der Waals surface area contributed by atoms with E-state index in [0.29, 0.717) is 37.1 Å². The fourth-order valence-corrected chi connectivity index (χ4v) is 3.75. The van der Waals surface area contributed by atoms with Crippen molar-refractivity contribution in [3.63, 3.8) is 0 Å². The molecule has 0 aromatic heterocycles. The van der Waals surface area contributed by atoms with Gasteiger partial charge in [0.1, 0.15) is 0 Å². The van der Waals surface area contributed by atoms with Crippen LogP contribution in [0.4, 0.5) is 0 Å². The molecule has 100 valence electrons. The molecule has 2 atom stereocenters. The standard InChI is InChI=1S/C13H21N2O3/c1-12-8-4-5-9-13(12,16)15(18)11-7-3-2-6-10(11)14(12)17/h16,18H,2-9H2,1H3/q+1/t12-,13-/m1/s1. The van der Waals surface area contributed by atoms with Gasteiger partial charge in [0.2, 0.25) is 0 Å². The van der Waals surface area contributed by atoms with Crippen LogP contribution in [0.1, 0.15) is 58.3 Å². The van der Waals surface area contributed by atoms with Crippen LogP contribution in [0.15, 0.2) is 0 Å². The average molecular weight is 253 g/mol. The molecule has 0 aromatic carbocycles. The molecule has 0 amide bonds. The molecule has 18 heavy (non-hydrogen) atoms. The lowest BCUT2D eigenvalue weighted by molar-refractivity contribution is -0.892. The molecular weight excluding hydrogens is 232 g/mol. The van der Waals surface area contributed by atoms with E-state index in [1.807, 2.05) is 0 Å². The summed E-state index contributed by atoms with van der Waals surface area (Å²) in [5.41, 5.74) is -1.03. The Balaban J connectivity index is 2.19. The zero-order valence-corrected chi connectivity index (χ0v) is 10.9. The van der Waals surface area contributed by atoms with Crippen LogP contribution < -0.4 is 0 Å². The summed E-state index contributed by atoms with van der Waals surface area (Å²) in [4.78, 5) is 0. The van der Waals surface area contributed by atoms with Crippen LogP contribution in [0, 0.1) is 5.21 Å². The normalized spacial score (nSPS) is 40.6. The molecule has 0 unspecified atom stereocenters. The van der Waals surface area contributed by atoms with Gasteiger partial charge in [-0.05, 0) is 25.7 Å². The number of nitrogens with zero attached hydrogens (tertiary/aromatic N) is 2. The SMILES string of the molecule is C[C@@]12CCCC[C@]1(O)[N+](O)=C1CCCCC1=[N+]2[O-]. The predicted molar refractivity (Wildman–Crippen MR) is 66.0 cm³/mol. The molecule has 0 aromatic rings. The molecular formula is C13H21N2O3+. The summed E-state index contributed by atoms with van der Waals surface area (Å²) in [5.74, 6) is 0. The number of hydrogen-bond acceptors (Lipinski definition) is 3. The van der Waals surface area contributed by atoms with Gasteiger partial charge in [-0.3, -0.25) is 5.21 Å². The van der Waals surface area contributed by atoms with Crippen molar-refractivity contribution in [3.8, 4) is 0 Å². The van der Waals surface area contributed by atoms with Gasteiger partial charge >= 0.3 is 5.72 Å². The third-order valence-electron chi connectivity index (χ3n) is 5.01. The van der Waals surface area contributed by atoms with Crippen molar-refractivity contribution < 1.29 is 19.8 Å². The van der Waals surface area contributed by atoms with E-state index >= 15 is 0 Å². The van der Waals surface area contributed by atoms with Crippen molar-refractivity contribution in [2.75, 3.05) is 0 Å². The minimum atomic E-state index is -1.43. The molecule has 5 nitrogen and oxygen atoms in total. The van der Waals surface area contributed by atoms with Crippen LogP contribution in [-0.4, -0.2) is 42.5 Å². The van der Waals surface area contributed by atoms with Gasteiger partial charge in [0, 0.05) is 30.9 Å². The first-order chi connectivity index (χ1) is 8.51. The van der Waals surface area contributed by atoms with Gasteiger partial charge in [-0.15, -0.1) is 0 Å². The molecule has 0 radical (unpaired) electrons. The largest absolute Gasteiger partial charge is 0.623 e. The van der Waals surface area contributed by atoms with E-state index in [4.69, 9.17) is 0 Å². The third kappa shape index (κ3) is 1.25. The van der Waals surface area contributed by atoms with Gasteiger partial charge < -0.3 is 10.3 Å². The highest BCUT2D eigenvalue weighted by molar-refractivity contribution is 6.38. The number of rotatable bonds is 0. The second-order valence-corrected chi connectivity index (χ2v) is 6.00. The zero-order valence-electron chi connectivity index (χ0n) is 10.9. The topological polar surface area (TPSA) is 69.5 Å². The molecule has 0 bridgehead atoms. The maximum atomic E-state index is 12.6. The van der Waals surface area contributed by atoms with Crippen LogP contribution in [0.25, 0.3) is 0 Å². The summed E-state index contributed by atoms with van der Waals surface area (Å²) < 4.78 is 2.03. The number of fused-ring (bicyclic) bond motifs is 2. The summed E-state index contributed by atoms with van der Waals surface area (Å²) >= 11 is 0. The van der Waals surface area contributed by atoms with E-state index in [1.165, 1.54) is 0 Å². The minimum absolute atomic E-state index is 0.454. The summed E-state index contributed by atoms with van der Waals surface area (Å²) in [6.45, 7) is 1.78. The molecule has 0 spiro atoms. The van der Waals surface area contributed by atoms with Gasteiger partial charge in [0.25, 0.3) is 17.0 Å². The molecule has 2 fully saturated rings. The lowest BCUT2D eigenvalue weighted by Gasteiger charge is -2.43. The van der Waals surface area contributed by atoms with Crippen molar-refractivity contribution >= 4 is 11.4 Å². The summed E-state index contributed by atoms with van der Waals surface area (Å²) in [5, 5.41) is 33.9. The number of aliphatic hydroxyl groups is 1. The molecule has 3 aliphatic rings. The molecule has 2 saturated carbocycles. The quantitative estimate of drug-likeness (QED) is 0.389. The maximum absolute atomic E-state index is 12.6. The lowest BCUT2D eigenvalue weighted by Crippen LogP contribution is -2.70. The second-order valence-electron chi connectivity index (χ2n) is 6.00. The molecule has 2 N–H and O–H groups in total. The van der Waals surface area contributed by atoms with Crippen molar-refractivity contribution in [3.05, 3.63) is 5.21 Å². The lowest BCUT2D eigenvalue weighted by atomic mass is 9.73. The van der Waals surface area contributed by atoms with Crippen molar-refractivity contribution in [1.29, 1.82) is 0 Å². The Labute approximate surface area is 107 Å². The van der Waals surface area contributed by atoms with Gasteiger partial charge in [-0.2, -0.15) is 4.74 Å². The Morgan fingerprint density at radius 1 is 1.06 bits per heavy atom. The van der Waals surface area contributed by atoms with Crippen LogP contribution in [0.3, 0.4) is 0 Å². The fourth-order valence-electron chi connectivity index (χ4n) is 3.75. The van der Waals surface area contributed by atoms with E-state index in [9.17, 15) is 15.5 Å². The molecule has 1 heterocycles. The summed E-state index contributed by atoms with van der Waals surface area (Å²) in [7, 11) is 0. The van der Waals surface area contributed by atoms with Gasteiger partial charge in [-0.1, -0.05) is 0 Å². The maximum Gasteiger partial charge on any atom is 0.377 e. The minimum Gasteiger partial charge on any atom is -0.623 e. The Kier molecular flexibility index (Phi) is 2.46. The van der Waals surface area contributed by atoms with Crippen molar-refractivity contribution in [2.45, 2.75) is 69.6 Å². The van der Waals surface area contributed by atoms with Crippen molar-refractivity contribution in [1.82, 2.24) is 0 Å². The third-order valence-corrected chi connectivity index (χ3v) is 5.01. The smallest absolute Gasteiger partial charge is 0.377 e. The Bertz CT molecular complexity index is 415. The van der Waals surface area contributed by atoms with E-state index < -0.39 is 11.3 Å². The molecule has 5 heteroatoms. The molecule has 0 saturated heterocycles. The predicted octanol–water partition coefficient (Wildman–Crippen LogP) is 1.39. The molecule has 1 aliphatic heterocycles. The van der Waals surface area contributed by atoms with E-state index in [2.05, 4.69) is 0 Å². The van der Waals surface area contributed by atoms with Crippen LogP contribution in [0.5, 0.6) is 0 Å². The summed E-state index contributed by atoms with van der Waals surface area (Å²) in [6.07, 6.45) is 6.20. The Morgan fingerprint density at radius 3 is 2.39 bits per heavy atom. The van der Waals surface area contributed by atoms with Crippen LogP contribution in [-0.2, 0) is 0 Å². The Morgan fingerprint density at radius 2 is 1.67 bits per heavy atom. The number of hydroxylamine groups is 2. The molecule has 2 aliphatic carbocycles. The highest BCUT2D eigenvalue weighted by Gasteiger charge is 2.69. The van der Waals surface area contributed by atoms with Gasteiger partial charge in [0.05, 0.1) is 6.42 Å². The van der Waals surface area contributed by atoms with Gasteiger partial charge in [0.15, 0.2) is 0 Å². The van der Waals surface area contributed by atoms with Gasteiger partial charge in [-0.25, -0.2) is 0 Å². The first-order valence-corrected chi connectivity index (χ1v) is 6.91. The molecule has 3 rings (SSSR count).